The lowest BCUT2D eigenvalue weighted by Gasteiger charge is -2.28. The lowest BCUT2D eigenvalue weighted by Crippen LogP contribution is -2.35. The Morgan fingerprint density at radius 1 is 1.10 bits per heavy atom. The van der Waals surface area contributed by atoms with Crippen molar-refractivity contribution in [1.29, 1.82) is 0 Å². The van der Waals surface area contributed by atoms with Gasteiger partial charge < -0.3 is 30.4 Å². The number of benzene rings is 2. The molecular formula is C23H28N2O4. The van der Waals surface area contributed by atoms with Gasteiger partial charge in [-0.15, -0.1) is 0 Å². The number of fused-ring (bicyclic) bond motifs is 3. The highest BCUT2D eigenvalue weighted by Gasteiger charge is 2.28. The van der Waals surface area contributed by atoms with E-state index >= 15 is 0 Å². The van der Waals surface area contributed by atoms with Gasteiger partial charge in [-0.3, -0.25) is 0 Å². The molecule has 29 heavy (non-hydrogen) atoms. The van der Waals surface area contributed by atoms with Crippen LogP contribution in [0.25, 0.3) is 10.9 Å². The number of phenolic OH excluding ortho intramolecular Hbond substituents is 1. The molecule has 6 heteroatoms. The summed E-state index contributed by atoms with van der Waals surface area (Å²) in [7, 11) is 0. The molecule has 3 aromatic rings. The molecule has 0 amide bonds. The molecule has 0 saturated carbocycles. The van der Waals surface area contributed by atoms with Crippen molar-refractivity contribution in [3.63, 3.8) is 0 Å². The van der Waals surface area contributed by atoms with Gasteiger partial charge in [0.15, 0.2) is 0 Å². The molecule has 5 N–H and O–H groups in total. The fourth-order valence-electron chi connectivity index (χ4n) is 3.96. The summed E-state index contributed by atoms with van der Waals surface area (Å²) in [5.74, 6) is 0.996. The van der Waals surface area contributed by atoms with Crippen LogP contribution in [0.5, 0.6) is 11.5 Å². The normalized spacial score (nSPS) is 16.7. The van der Waals surface area contributed by atoms with E-state index in [4.69, 9.17) is 4.74 Å². The SMILES string of the molecule is CCC(CO)(CO)COc1ccc([C@@H]2NCCc3c2[nH]c2ccc(O)cc32)cc1. The number of aromatic hydroxyl groups is 1. The number of aromatic amines is 1. The zero-order chi connectivity index (χ0) is 20.4. The Morgan fingerprint density at radius 3 is 2.55 bits per heavy atom. The summed E-state index contributed by atoms with van der Waals surface area (Å²) >= 11 is 0. The fourth-order valence-corrected chi connectivity index (χ4v) is 3.96. The van der Waals surface area contributed by atoms with E-state index in [1.54, 1.807) is 6.07 Å². The Labute approximate surface area is 170 Å². The Bertz CT molecular complexity index is 968. The first-order chi connectivity index (χ1) is 14.1. The van der Waals surface area contributed by atoms with Gasteiger partial charge in [-0.1, -0.05) is 19.1 Å². The Balaban J connectivity index is 1.55. The summed E-state index contributed by atoms with van der Waals surface area (Å²) in [5, 5.41) is 33.6. The number of ether oxygens (including phenoxy) is 1. The molecule has 6 nitrogen and oxygen atoms in total. The predicted octanol–water partition coefficient (Wildman–Crippen LogP) is 2.87. The molecule has 1 aliphatic heterocycles. The van der Waals surface area contributed by atoms with Gasteiger partial charge in [0.2, 0.25) is 0 Å². The highest BCUT2D eigenvalue weighted by Crippen LogP contribution is 2.35. The predicted molar refractivity (Wildman–Crippen MR) is 112 cm³/mol. The number of hydrogen-bond acceptors (Lipinski definition) is 5. The first kappa shape index (κ1) is 19.8. The van der Waals surface area contributed by atoms with Crippen LogP contribution in [0.3, 0.4) is 0 Å². The van der Waals surface area contributed by atoms with E-state index in [0.29, 0.717) is 12.2 Å². The summed E-state index contributed by atoms with van der Waals surface area (Å²) in [5.41, 5.74) is 3.93. The molecule has 0 bridgehead atoms. The zero-order valence-corrected chi connectivity index (χ0v) is 16.6. The molecule has 1 atom stereocenters. The van der Waals surface area contributed by atoms with Crippen molar-refractivity contribution in [2.45, 2.75) is 25.8 Å². The van der Waals surface area contributed by atoms with Crippen LogP contribution in [0, 0.1) is 5.41 Å². The molecule has 2 heterocycles. The van der Waals surface area contributed by atoms with Gasteiger partial charge in [-0.25, -0.2) is 0 Å². The number of rotatable bonds is 7. The molecule has 0 unspecified atom stereocenters. The van der Waals surface area contributed by atoms with Crippen molar-refractivity contribution < 1.29 is 20.1 Å². The number of aromatic nitrogens is 1. The molecule has 1 aliphatic rings. The van der Waals surface area contributed by atoms with Crippen molar-refractivity contribution >= 4 is 10.9 Å². The monoisotopic (exact) mass is 396 g/mol. The van der Waals surface area contributed by atoms with E-state index in [1.807, 2.05) is 43.3 Å². The molecule has 2 aromatic carbocycles. The fraction of sp³-hybridized carbons (Fsp3) is 0.391. The largest absolute Gasteiger partial charge is 0.508 e. The molecule has 0 saturated heterocycles. The third-order valence-electron chi connectivity index (χ3n) is 6.11. The van der Waals surface area contributed by atoms with Crippen molar-refractivity contribution in [1.82, 2.24) is 10.3 Å². The highest BCUT2D eigenvalue weighted by atomic mass is 16.5. The number of nitrogens with one attached hydrogen (secondary N) is 2. The average molecular weight is 396 g/mol. The zero-order valence-electron chi connectivity index (χ0n) is 16.6. The highest BCUT2D eigenvalue weighted by molar-refractivity contribution is 5.86. The maximum absolute atomic E-state index is 9.85. The first-order valence-electron chi connectivity index (χ1n) is 10.1. The molecule has 4 rings (SSSR count). The van der Waals surface area contributed by atoms with Crippen LogP contribution >= 0.6 is 0 Å². The van der Waals surface area contributed by atoms with Crippen LogP contribution in [-0.2, 0) is 6.42 Å². The van der Waals surface area contributed by atoms with Crippen LogP contribution in [0.15, 0.2) is 42.5 Å². The average Bonchev–Trinajstić information content (AvgIpc) is 3.13. The van der Waals surface area contributed by atoms with E-state index < -0.39 is 5.41 Å². The van der Waals surface area contributed by atoms with Gasteiger partial charge in [-0.05, 0) is 54.3 Å². The Morgan fingerprint density at radius 2 is 1.86 bits per heavy atom. The number of aliphatic hydroxyl groups excluding tert-OH is 2. The third-order valence-corrected chi connectivity index (χ3v) is 6.11. The van der Waals surface area contributed by atoms with Crippen LogP contribution < -0.4 is 10.1 Å². The number of phenols is 1. The van der Waals surface area contributed by atoms with Gasteiger partial charge in [0.05, 0.1) is 31.3 Å². The van der Waals surface area contributed by atoms with Crippen LogP contribution in [0.2, 0.25) is 0 Å². The van der Waals surface area contributed by atoms with Gasteiger partial charge in [0.25, 0.3) is 0 Å². The summed E-state index contributed by atoms with van der Waals surface area (Å²) in [6.07, 6.45) is 1.56. The molecule has 1 aromatic heterocycles. The minimum atomic E-state index is -0.617. The van der Waals surface area contributed by atoms with Crippen LogP contribution in [0.1, 0.15) is 36.2 Å². The molecule has 0 aliphatic carbocycles. The quantitative estimate of drug-likeness (QED) is 0.423. The van der Waals surface area contributed by atoms with Crippen LogP contribution in [0.4, 0.5) is 0 Å². The maximum Gasteiger partial charge on any atom is 0.119 e. The lowest BCUT2D eigenvalue weighted by molar-refractivity contribution is 0.0114. The van der Waals surface area contributed by atoms with E-state index in [-0.39, 0.29) is 31.6 Å². The van der Waals surface area contributed by atoms with E-state index in [1.165, 1.54) is 5.56 Å². The van der Waals surface area contributed by atoms with Gasteiger partial charge >= 0.3 is 0 Å². The standard InChI is InChI=1S/C23H28N2O4/c1-2-23(12-26,13-27)14-29-17-6-3-15(4-7-17)21-22-18(9-10-24-21)19-11-16(28)5-8-20(19)25-22/h3-8,11,21,24-28H,2,9-10,12-14H2,1H3/t21-/m0/s1. The number of H-pyrrole nitrogens is 1. The van der Waals surface area contributed by atoms with Crippen molar-refractivity contribution in [3.05, 3.63) is 59.3 Å². The second-order valence-electron chi connectivity index (χ2n) is 7.91. The van der Waals surface area contributed by atoms with Gasteiger partial charge in [-0.2, -0.15) is 0 Å². The van der Waals surface area contributed by atoms with Gasteiger partial charge in [0.1, 0.15) is 11.5 Å². The molecular weight excluding hydrogens is 368 g/mol. The molecule has 0 spiro atoms. The maximum atomic E-state index is 9.85. The molecule has 0 radical (unpaired) electrons. The Kier molecular flexibility index (Phi) is 5.50. The summed E-state index contributed by atoms with van der Waals surface area (Å²) in [4.78, 5) is 3.51. The second kappa shape index (κ2) is 8.06. The minimum Gasteiger partial charge on any atom is -0.508 e. The van der Waals surface area contributed by atoms with Crippen molar-refractivity contribution in [2.75, 3.05) is 26.4 Å². The van der Waals surface area contributed by atoms with E-state index in [9.17, 15) is 15.3 Å². The Hall–Kier alpha value is -2.54. The van der Waals surface area contributed by atoms with Crippen molar-refractivity contribution in [3.8, 4) is 11.5 Å². The molecule has 0 fully saturated rings. The number of aliphatic hydroxyl groups is 2. The lowest BCUT2D eigenvalue weighted by atomic mass is 9.88. The third kappa shape index (κ3) is 3.71. The topological polar surface area (TPSA) is 97.7 Å². The van der Waals surface area contributed by atoms with E-state index in [0.717, 1.165) is 35.1 Å². The summed E-state index contributed by atoms with van der Waals surface area (Å²) in [6, 6.07) is 13.4. The summed E-state index contributed by atoms with van der Waals surface area (Å²) < 4.78 is 5.84. The smallest absolute Gasteiger partial charge is 0.119 e. The number of hydrogen-bond donors (Lipinski definition) is 5. The van der Waals surface area contributed by atoms with Gasteiger partial charge in [0, 0.05) is 23.1 Å². The minimum absolute atomic E-state index is 0.0481. The first-order valence-corrected chi connectivity index (χ1v) is 10.1. The van der Waals surface area contributed by atoms with Crippen LogP contribution in [-0.4, -0.2) is 46.7 Å². The van der Waals surface area contributed by atoms with E-state index in [2.05, 4.69) is 10.3 Å². The summed E-state index contributed by atoms with van der Waals surface area (Å²) in [6.45, 7) is 2.86. The van der Waals surface area contributed by atoms with Crippen molar-refractivity contribution in [2.24, 2.45) is 5.41 Å². The molecule has 154 valence electrons. The second-order valence-corrected chi connectivity index (χ2v) is 7.91.